The lowest BCUT2D eigenvalue weighted by Crippen LogP contribution is -2.31. The molecule has 0 fully saturated rings. The zero-order valence-electron chi connectivity index (χ0n) is 14.5. The fraction of sp³-hybridized carbons (Fsp3) is 0.190. The van der Waals surface area contributed by atoms with E-state index in [0.29, 0.717) is 5.56 Å². The van der Waals surface area contributed by atoms with Crippen molar-refractivity contribution in [2.75, 3.05) is 5.75 Å². The quantitative estimate of drug-likeness (QED) is 0.676. The van der Waals surface area contributed by atoms with Gasteiger partial charge in [-0.05, 0) is 48.4 Å². The first-order valence-corrected chi connectivity index (χ1v) is 9.66. The van der Waals surface area contributed by atoms with E-state index >= 15 is 0 Å². The van der Waals surface area contributed by atoms with Crippen LogP contribution >= 0.6 is 11.8 Å². The van der Waals surface area contributed by atoms with Crippen LogP contribution in [0.5, 0.6) is 5.75 Å². The molecule has 0 spiro atoms. The summed E-state index contributed by atoms with van der Waals surface area (Å²) in [6.45, 7) is 0.231. The van der Waals surface area contributed by atoms with Gasteiger partial charge in [0.25, 0.3) is 5.91 Å². The monoisotopic (exact) mass is 383 g/mol. The normalized spacial score (nSPS) is 15.8. The van der Waals surface area contributed by atoms with Crippen molar-refractivity contribution >= 4 is 17.7 Å². The molecule has 1 aromatic heterocycles. The van der Waals surface area contributed by atoms with Crippen LogP contribution in [0, 0.1) is 5.82 Å². The highest BCUT2D eigenvalue weighted by Crippen LogP contribution is 2.36. The molecule has 138 valence electrons. The smallest absolute Gasteiger partial charge is 0.287 e. The highest BCUT2D eigenvalue weighted by Gasteiger charge is 2.25. The number of thioether (sulfide) groups is 1. The number of hydrogen-bond donors (Lipinski definition) is 1. The fourth-order valence-corrected chi connectivity index (χ4v) is 4.17. The van der Waals surface area contributed by atoms with Gasteiger partial charge < -0.3 is 14.5 Å². The molecule has 0 saturated heterocycles. The van der Waals surface area contributed by atoms with Gasteiger partial charge in [-0.1, -0.05) is 18.2 Å². The Morgan fingerprint density at radius 1 is 1.22 bits per heavy atom. The van der Waals surface area contributed by atoms with Gasteiger partial charge in [-0.3, -0.25) is 4.79 Å². The van der Waals surface area contributed by atoms with Gasteiger partial charge in [0.2, 0.25) is 0 Å². The maximum atomic E-state index is 13.6. The second-order valence-corrected chi connectivity index (χ2v) is 7.36. The maximum absolute atomic E-state index is 13.6. The summed E-state index contributed by atoms with van der Waals surface area (Å²) < 4.78 is 24.8. The molecule has 27 heavy (non-hydrogen) atoms. The standard InChI is InChI=1S/C21H18FNO3S/c22-15-6-7-19-17(12-15)18(9-11-27-19)23-21(24)20-14(8-10-25-20)13-26-16-4-2-1-3-5-16/h1-8,10,12,18H,9,11,13H2,(H,23,24). The summed E-state index contributed by atoms with van der Waals surface area (Å²) in [4.78, 5) is 13.7. The van der Waals surface area contributed by atoms with Crippen LogP contribution in [0.25, 0.3) is 0 Å². The van der Waals surface area contributed by atoms with Gasteiger partial charge in [0.15, 0.2) is 5.76 Å². The Bertz CT molecular complexity index is 942. The van der Waals surface area contributed by atoms with E-state index in [9.17, 15) is 9.18 Å². The Morgan fingerprint density at radius 3 is 2.93 bits per heavy atom. The van der Waals surface area contributed by atoms with E-state index in [-0.39, 0.29) is 30.1 Å². The van der Waals surface area contributed by atoms with Crippen LogP contribution in [0.2, 0.25) is 0 Å². The third kappa shape index (κ3) is 4.01. The lowest BCUT2D eigenvalue weighted by Gasteiger charge is -2.25. The number of rotatable bonds is 5. The van der Waals surface area contributed by atoms with Gasteiger partial charge in [0.1, 0.15) is 18.2 Å². The van der Waals surface area contributed by atoms with E-state index in [1.807, 2.05) is 30.3 Å². The molecule has 1 aliphatic heterocycles. The molecule has 3 aromatic rings. The molecule has 4 nitrogen and oxygen atoms in total. The van der Waals surface area contributed by atoms with Gasteiger partial charge in [-0.25, -0.2) is 4.39 Å². The molecule has 1 N–H and O–H groups in total. The molecule has 0 aliphatic carbocycles. The van der Waals surface area contributed by atoms with Crippen molar-refractivity contribution in [1.29, 1.82) is 0 Å². The number of ether oxygens (including phenoxy) is 1. The van der Waals surface area contributed by atoms with E-state index < -0.39 is 0 Å². The van der Waals surface area contributed by atoms with Crippen molar-refractivity contribution < 1.29 is 18.3 Å². The van der Waals surface area contributed by atoms with E-state index in [0.717, 1.165) is 28.4 Å². The predicted octanol–water partition coefficient (Wildman–Crippen LogP) is 4.96. The molecule has 2 aromatic carbocycles. The first kappa shape index (κ1) is 17.7. The molecular formula is C21H18FNO3S. The summed E-state index contributed by atoms with van der Waals surface area (Å²) in [5.41, 5.74) is 1.48. The van der Waals surface area contributed by atoms with Gasteiger partial charge in [-0.2, -0.15) is 0 Å². The van der Waals surface area contributed by atoms with Crippen LogP contribution < -0.4 is 10.1 Å². The molecule has 0 bridgehead atoms. The number of furan rings is 1. The largest absolute Gasteiger partial charge is 0.489 e. The van der Waals surface area contributed by atoms with Gasteiger partial charge in [0.05, 0.1) is 12.3 Å². The van der Waals surface area contributed by atoms with Crippen LogP contribution in [0.4, 0.5) is 4.39 Å². The molecule has 1 unspecified atom stereocenters. The summed E-state index contributed by atoms with van der Waals surface area (Å²) in [5.74, 6) is 1.19. The van der Waals surface area contributed by atoms with Crippen LogP contribution in [0.15, 0.2) is 70.2 Å². The Morgan fingerprint density at radius 2 is 2.07 bits per heavy atom. The first-order valence-electron chi connectivity index (χ1n) is 8.68. The summed E-state index contributed by atoms with van der Waals surface area (Å²) in [6.07, 6.45) is 2.21. The third-order valence-corrected chi connectivity index (χ3v) is 5.53. The van der Waals surface area contributed by atoms with E-state index in [4.69, 9.17) is 9.15 Å². The molecule has 1 atom stereocenters. The molecule has 6 heteroatoms. The minimum absolute atomic E-state index is 0.224. The molecule has 0 radical (unpaired) electrons. The molecule has 1 amide bonds. The number of carbonyl (C=O) groups excluding carboxylic acids is 1. The topological polar surface area (TPSA) is 51.5 Å². The highest BCUT2D eigenvalue weighted by molar-refractivity contribution is 7.99. The number of para-hydroxylation sites is 1. The number of hydrogen-bond acceptors (Lipinski definition) is 4. The molecule has 4 rings (SSSR count). The Hall–Kier alpha value is -2.73. The summed E-state index contributed by atoms with van der Waals surface area (Å²) in [5, 5.41) is 2.98. The number of fused-ring (bicyclic) bond motifs is 1. The average molecular weight is 383 g/mol. The Labute approximate surface area is 160 Å². The predicted molar refractivity (Wildman–Crippen MR) is 101 cm³/mol. The van der Waals surface area contributed by atoms with Crippen molar-refractivity contribution in [1.82, 2.24) is 5.32 Å². The lowest BCUT2D eigenvalue weighted by molar-refractivity contribution is 0.0903. The zero-order valence-corrected chi connectivity index (χ0v) is 15.3. The Kier molecular flexibility index (Phi) is 5.16. The molecule has 0 saturated carbocycles. The minimum atomic E-state index is -0.321. The number of amides is 1. The third-order valence-electron chi connectivity index (χ3n) is 4.41. The van der Waals surface area contributed by atoms with Crippen LogP contribution in [0.1, 0.15) is 34.1 Å². The number of nitrogens with one attached hydrogen (secondary N) is 1. The van der Waals surface area contributed by atoms with E-state index in [2.05, 4.69) is 5.32 Å². The van der Waals surface area contributed by atoms with Gasteiger partial charge in [0, 0.05) is 16.2 Å². The second-order valence-electron chi connectivity index (χ2n) is 6.22. The summed E-state index contributed by atoms with van der Waals surface area (Å²) >= 11 is 1.67. The molecule has 2 heterocycles. The van der Waals surface area contributed by atoms with E-state index in [1.165, 1.54) is 18.4 Å². The minimum Gasteiger partial charge on any atom is -0.489 e. The zero-order chi connectivity index (χ0) is 18.6. The number of carbonyl (C=O) groups is 1. The van der Waals surface area contributed by atoms with Gasteiger partial charge >= 0.3 is 0 Å². The average Bonchev–Trinajstić information content (AvgIpc) is 3.16. The van der Waals surface area contributed by atoms with Crippen LogP contribution in [-0.4, -0.2) is 11.7 Å². The summed E-state index contributed by atoms with van der Waals surface area (Å²) in [6, 6.07) is 15.6. The maximum Gasteiger partial charge on any atom is 0.287 e. The van der Waals surface area contributed by atoms with Crippen molar-refractivity contribution in [2.45, 2.75) is 24.0 Å². The lowest BCUT2D eigenvalue weighted by atomic mass is 10.0. The number of halogens is 1. The number of benzene rings is 2. The van der Waals surface area contributed by atoms with E-state index in [1.54, 1.807) is 23.9 Å². The SMILES string of the molecule is O=C(NC1CCSc2ccc(F)cc21)c1occc1COc1ccccc1. The molecular weight excluding hydrogens is 365 g/mol. The van der Waals surface area contributed by atoms with Crippen molar-refractivity contribution in [2.24, 2.45) is 0 Å². The molecule has 1 aliphatic rings. The fourth-order valence-electron chi connectivity index (χ4n) is 3.07. The van der Waals surface area contributed by atoms with Crippen molar-refractivity contribution in [3.05, 3.63) is 83.6 Å². The Balaban J connectivity index is 1.47. The highest BCUT2D eigenvalue weighted by atomic mass is 32.2. The summed E-state index contributed by atoms with van der Waals surface area (Å²) in [7, 11) is 0. The second kappa shape index (κ2) is 7.88. The van der Waals surface area contributed by atoms with Crippen LogP contribution in [-0.2, 0) is 6.61 Å². The van der Waals surface area contributed by atoms with Crippen molar-refractivity contribution in [3.8, 4) is 5.75 Å². The van der Waals surface area contributed by atoms with Crippen LogP contribution in [0.3, 0.4) is 0 Å². The first-order chi connectivity index (χ1) is 13.2. The van der Waals surface area contributed by atoms with Gasteiger partial charge in [-0.15, -0.1) is 11.8 Å². The van der Waals surface area contributed by atoms with Crippen molar-refractivity contribution in [3.63, 3.8) is 0 Å².